The van der Waals surface area contributed by atoms with Crippen molar-refractivity contribution < 1.29 is 19.1 Å². The number of nitrogens with one attached hydrogen (secondary N) is 2. The van der Waals surface area contributed by atoms with Gasteiger partial charge >= 0.3 is 5.97 Å². The minimum absolute atomic E-state index is 0.117. The third-order valence-corrected chi connectivity index (χ3v) is 6.98. The lowest BCUT2D eigenvalue weighted by atomic mass is 9.79. The molecule has 0 fully saturated rings. The number of hydrogen-bond donors (Lipinski definition) is 2. The van der Waals surface area contributed by atoms with E-state index >= 15 is 0 Å². The van der Waals surface area contributed by atoms with Gasteiger partial charge in [-0.2, -0.15) is 0 Å². The maximum absolute atomic E-state index is 13.6. The van der Waals surface area contributed by atoms with E-state index in [1.54, 1.807) is 13.0 Å². The van der Waals surface area contributed by atoms with Gasteiger partial charge in [0.05, 0.1) is 48.0 Å². The lowest BCUT2D eigenvalue weighted by molar-refractivity contribution is -0.138. The third-order valence-electron chi connectivity index (χ3n) is 6.64. The largest absolute Gasteiger partial charge is 0.463 e. The van der Waals surface area contributed by atoms with Crippen LogP contribution < -0.4 is 10.6 Å². The molecule has 3 aromatic rings. The highest BCUT2D eigenvalue weighted by molar-refractivity contribution is 6.31. The Hall–Kier alpha value is -3.62. The molecular formula is C31H37ClN4O4. The van der Waals surface area contributed by atoms with Crippen molar-refractivity contribution in [3.63, 3.8) is 0 Å². The molecule has 0 saturated carbocycles. The fourth-order valence-electron chi connectivity index (χ4n) is 5.00. The Morgan fingerprint density at radius 2 is 1.77 bits per heavy atom. The van der Waals surface area contributed by atoms with E-state index in [4.69, 9.17) is 21.1 Å². The maximum atomic E-state index is 13.6. The molecule has 0 radical (unpaired) electrons. The molecule has 0 aliphatic carbocycles. The summed E-state index contributed by atoms with van der Waals surface area (Å²) in [5.74, 6) is -0.649. The van der Waals surface area contributed by atoms with Gasteiger partial charge in [-0.05, 0) is 65.3 Å². The number of aromatic nitrogens is 2. The molecule has 1 aromatic heterocycles. The molecule has 2 N–H and O–H groups in total. The second-order valence-electron chi connectivity index (χ2n) is 10.8. The van der Waals surface area contributed by atoms with Crippen LogP contribution in [0.3, 0.4) is 0 Å². The summed E-state index contributed by atoms with van der Waals surface area (Å²) >= 11 is 6.66. The van der Waals surface area contributed by atoms with Gasteiger partial charge in [-0.25, -0.2) is 9.78 Å². The smallest absolute Gasteiger partial charge is 0.336 e. The summed E-state index contributed by atoms with van der Waals surface area (Å²) in [5, 5.41) is 6.78. The Labute approximate surface area is 240 Å². The number of carbonyl (C=O) groups is 2. The summed E-state index contributed by atoms with van der Waals surface area (Å²) in [5.41, 5.74) is 4.02. The van der Waals surface area contributed by atoms with Crippen LogP contribution in [0.4, 0.5) is 0 Å². The Morgan fingerprint density at radius 1 is 1.07 bits per heavy atom. The summed E-state index contributed by atoms with van der Waals surface area (Å²) in [7, 11) is 0. The van der Waals surface area contributed by atoms with Crippen LogP contribution in [0.2, 0.25) is 5.02 Å². The molecule has 1 atom stereocenters. The highest BCUT2D eigenvalue weighted by Crippen LogP contribution is 2.41. The molecule has 1 amide bonds. The Kier molecular flexibility index (Phi) is 9.01. The van der Waals surface area contributed by atoms with Crippen molar-refractivity contribution in [1.29, 1.82) is 0 Å². The predicted octanol–water partition coefficient (Wildman–Crippen LogP) is 5.41. The summed E-state index contributed by atoms with van der Waals surface area (Å²) in [4.78, 5) is 31.7. The van der Waals surface area contributed by atoms with E-state index in [-0.39, 0.29) is 19.1 Å². The number of carbonyl (C=O) groups excluding carboxylic acids is 2. The second kappa shape index (κ2) is 12.3. The zero-order valence-corrected chi connectivity index (χ0v) is 24.7. The van der Waals surface area contributed by atoms with Crippen LogP contribution in [0.1, 0.15) is 51.9 Å². The SMILES string of the molecule is CCOC(=O)C1=C(COCCn2c(C)nc3ccccc32)NC(C)=C(C(=O)NC(C)(C)C)C1c1ccccc1Cl. The molecule has 212 valence electrons. The van der Waals surface area contributed by atoms with Gasteiger partial charge in [0, 0.05) is 28.4 Å². The van der Waals surface area contributed by atoms with Crippen molar-refractivity contribution in [3.05, 3.63) is 87.5 Å². The molecule has 1 unspecified atom stereocenters. The van der Waals surface area contributed by atoms with E-state index in [1.165, 1.54) is 0 Å². The van der Waals surface area contributed by atoms with Gasteiger partial charge in [-0.15, -0.1) is 0 Å². The highest BCUT2D eigenvalue weighted by Gasteiger charge is 2.39. The topological polar surface area (TPSA) is 94.5 Å². The molecule has 2 heterocycles. The Bertz CT molecular complexity index is 1480. The van der Waals surface area contributed by atoms with Crippen molar-refractivity contribution in [3.8, 4) is 0 Å². The number of para-hydroxylation sites is 2. The lowest BCUT2D eigenvalue weighted by Gasteiger charge is -2.33. The summed E-state index contributed by atoms with van der Waals surface area (Å²) in [6, 6.07) is 15.2. The van der Waals surface area contributed by atoms with Crippen LogP contribution in [0.25, 0.3) is 11.0 Å². The van der Waals surface area contributed by atoms with Gasteiger partial charge in [0.1, 0.15) is 5.82 Å². The minimum atomic E-state index is -0.741. The highest BCUT2D eigenvalue weighted by atomic mass is 35.5. The zero-order valence-electron chi connectivity index (χ0n) is 23.9. The zero-order chi connectivity index (χ0) is 29.0. The molecule has 1 aliphatic rings. The Balaban J connectivity index is 1.68. The number of nitrogens with zero attached hydrogens (tertiary/aromatic N) is 2. The summed E-state index contributed by atoms with van der Waals surface area (Å²) in [6.45, 7) is 12.6. The molecule has 0 saturated heterocycles. The lowest BCUT2D eigenvalue weighted by Crippen LogP contribution is -2.45. The number of imidazole rings is 1. The van der Waals surface area contributed by atoms with Crippen LogP contribution >= 0.6 is 11.6 Å². The normalized spacial score (nSPS) is 15.8. The first kappa shape index (κ1) is 29.4. The third kappa shape index (κ3) is 6.40. The van der Waals surface area contributed by atoms with Gasteiger partial charge in [0.25, 0.3) is 0 Å². The second-order valence-corrected chi connectivity index (χ2v) is 11.2. The van der Waals surface area contributed by atoms with Crippen molar-refractivity contribution >= 4 is 34.5 Å². The van der Waals surface area contributed by atoms with Crippen molar-refractivity contribution in [1.82, 2.24) is 20.2 Å². The molecule has 9 heteroatoms. The molecule has 0 bridgehead atoms. The van der Waals surface area contributed by atoms with Crippen molar-refractivity contribution in [2.75, 3.05) is 19.8 Å². The van der Waals surface area contributed by atoms with Crippen LogP contribution in [-0.4, -0.2) is 46.8 Å². The number of aryl methyl sites for hydroxylation is 1. The van der Waals surface area contributed by atoms with Crippen molar-refractivity contribution in [2.45, 2.75) is 59.5 Å². The monoisotopic (exact) mass is 564 g/mol. The summed E-state index contributed by atoms with van der Waals surface area (Å²) < 4.78 is 13.7. The number of amides is 1. The fourth-order valence-corrected chi connectivity index (χ4v) is 5.24. The number of benzene rings is 2. The van der Waals surface area contributed by atoms with Crippen molar-refractivity contribution in [2.24, 2.45) is 0 Å². The average Bonchev–Trinajstić information content (AvgIpc) is 3.20. The number of fused-ring (bicyclic) bond motifs is 1. The van der Waals surface area contributed by atoms with Gasteiger partial charge in [0.15, 0.2) is 0 Å². The van der Waals surface area contributed by atoms with E-state index < -0.39 is 17.4 Å². The number of esters is 1. The van der Waals surface area contributed by atoms with E-state index in [1.807, 2.05) is 77.1 Å². The quantitative estimate of drug-likeness (QED) is 0.267. The first-order chi connectivity index (χ1) is 19.0. The average molecular weight is 565 g/mol. The molecular weight excluding hydrogens is 528 g/mol. The molecule has 0 spiro atoms. The molecule has 1 aliphatic heterocycles. The predicted molar refractivity (Wildman–Crippen MR) is 157 cm³/mol. The number of allylic oxidation sites excluding steroid dienone is 1. The number of dihydropyridines is 1. The first-order valence-electron chi connectivity index (χ1n) is 13.5. The number of rotatable bonds is 9. The molecule has 2 aromatic carbocycles. The van der Waals surface area contributed by atoms with E-state index in [2.05, 4.69) is 20.2 Å². The molecule has 40 heavy (non-hydrogen) atoms. The first-order valence-corrected chi connectivity index (χ1v) is 13.8. The number of ether oxygens (including phenoxy) is 2. The van der Waals surface area contributed by atoms with Crippen LogP contribution in [0.5, 0.6) is 0 Å². The summed E-state index contributed by atoms with van der Waals surface area (Å²) in [6.07, 6.45) is 0. The molecule has 4 rings (SSSR count). The van der Waals surface area contributed by atoms with Gasteiger partial charge < -0.3 is 24.7 Å². The van der Waals surface area contributed by atoms with Gasteiger partial charge in [-0.3, -0.25) is 4.79 Å². The fraction of sp³-hybridized carbons (Fsp3) is 0.387. The number of hydrogen-bond acceptors (Lipinski definition) is 6. The standard InChI is InChI=1S/C31H37ClN4O4/c1-7-40-30(38)28-24(18-39-17-16-36-20(3)34-23-14-10-11-15-25(23)36)33-19(2)26(29(37)35-31(4,5)6)27(28)21-12-8-9-13-22(21)32/h8-15,27,33H,7,16-18H2,1-6H3,(H,35,37). The number of halogens is 1. The minimum Gasteiger partial charge on any atom is -0.463 e. The van der Waals surface area contributed by atoms with Crippen LogP contribution in [0.15, 0.2) is 71.1 Å². The van der Waals surface area contributed by atoms with E-state index in [0.29, 0.717) is 46.3 Å². The van der Waals surface area contributed by atoms with Gasteiger partial charge in [0.2, 0.25) is 5.91 Å². The van der Waals surface area contributed by atoms with E-state index in [0.717, 1.165) is 16.9 Å². The van der Waals surface area contributed by atoms with Crippen LogP contribution in [-0.2, 0) is 25.6 Å². The van der Waals surface area contributed by atoms with E-state index in [9.17, 15) is 9.59 Å². The maximum Gasteiger partial charge on any atom is 0.336 e. The Morgan fingerprint density at radius 3 is 2.48 bits per heavy atom. The van der Waals surface area contributed by atoms with Crippen LogP contribution in [0, 0.1) is 6.92 Å². The molecule has 8 nitrogen and oxygen atoms in total. The van der Waals surface area contributed by atoms with Gasteiger partial charge in [-0.1, -0.05) is 41.9 Å².